The Bertz CT molecular complexity index is 1870. The zero-order valence-electron chi connectivity index (χ0n) is 42.1. The van der Waals surface area contributed by atoms with Crippen molar-refractivity contribution in [1.82, 2.24) is 40.9 Å². The number of nitrogens with zero attached hydrogens (tertiary/aromatic N) is 4. The van der Waals surface area contributed by atoms with Crippen LogP contribution in [-0.2, 0) is 51.0 Å². The summed E-state index contributed by atoms with van der Waals surface area (Å²) in [5, 5.41) is 11.8. The zero-order valence-corrected chi connectivity index (χ0v) is 42.1. The van der Waals surface area contributed by atoms with Crippen LogP contribution in [0, 0.1) is 0 Å². The molecule has 0 radical (unpaired) electrons. The van der Waals surface area contributed by atoms with E-state index in [1.54, 1.807) is 47.5 Å². The fourth-order valence-electron chi connectivity index (χ4n) is 9.85. The summed E-state index contributed by atoms with van der Waals surface area (Å²) in [6, 6.07) is 16.3. The lowest BCUT2D eigenvalue weighted by Crippen LogP contribution is -2.59. The van der Waals surface area contributed by atoms with Gasteiger partial charge in [-0.2, -0.15) is 0 Å². The van der Waals surface area contributed by atoms with Crippen molar-refractivity contribution < 1.29 is 47.7 Å². The third-order valence-corrected chi connectivity index (χ3v) is 14.4. The van der Waals surface area contributed by atoms with Crippen LogP contribution in [0.5, 0.6) is 0 Å². The van der Waals surface area contributed by atoms with E-state index in [9.17, 15) is 28.8 Å². The Balaban J connectivity index is 0.977. The van der Waals surface area contributed by atoms with Crippen molar-refractivity contribution in [3.63, 3.8) is 0 Å². The first kappa shape index (κ1) is 54.0. The number of likely N-dealkylation sites (N-methyl/N-ethyl adjacent to an activating group) is 2. The first-order valence-corrected chi connectivity index (χ1v) is 25.5. The lowest BCUT2D eigenvalue weighted by molar-refractivity contribution is -0.142. The van der Waals surface area contributed by atoms with Crippen LogP contribution >= 0.6 is 0 Å². The molecule has 18 nitrogen and oxygen atoms in total. The highest BCUT2D eigenvalue weighted by Gasteiger charge is 2.43. The van der Waals surface area contributed by atoms with Crippen molar-refractivity contribution >= 4 is 35.8 Å². The molecule has 4 fully saturated rings. The Morgan fingerprint density at radius 3 is 1.34 bits per heavy atom. The highest BCUT2D eigenvalue weighted by atomic mass is 16.6. The fourth-order valence-corrected chi connectivity index (χ4v) is 9.85. The number of hydrogen-bond donors (Lipinski definition) is 4. The maximum Gasteiger partial charge on any atom is 0.410 e. The van der Waals surface area contributed by atoms with E-state index < -0.39 is 36.4 Å². The summed E-state index contributed by atoms with van der Waals surface area (Å²) < 4.78 is 23.5. The van der Waals surface area contributed by atoms with Gasteiger partial charge < -0.3 is 50.0 Å². The molecule has 0 bridgehead atoms. The van der Waals surface area contributed by atoms with Gasteiger partial charge in [0.1, 0.15) is 25.3 Å². The Morgan fingerprint density at radius 1 is 0.586 bits per heavy atom. The number of amides is 6. The van der Waals surface area contributed by atoms with Gasteiger partial charge in [0.15, 0.2) is 0 Å². The smallest absolute Gasteiger partial charge is 0.410 e. The molecule has 0 saturated carbocycles. The van der Waals surface area contributed by atoms with Gasteiger partial charge in [-0.25, -0.2) is 9.59 Å². The van der Waals surface area contributed by atoms with Gasteiger partial charge in [-0.3, -0.25) is 29.0 Å². The summed E-state index contributed by atoms with van der Waals surface area (Å²) >= 11 is 0. The summed E-state index contributed by atoms with van der Waals surface area (Å²) in [5.41, 5.74) is 2.21. The van der Waals surface area contributed by atoms with Crippen molar-refractivity contribution in [1.29, 1.82) is 0 Å². The molecule has 4 aliphatic rings. The average molecular weight is 975 g/mol. The van der Waals surface area contributed by atoms with Gasteiger partial charge in [0.25, 0.3) is 0 Å². The Labute approximate surface area is 414 Å². The summed E-state index contributed by atoms with van der Waals surface area (Å²) in [4.78, 5) is 88.1. The zero-order chi connectivity index (χ0) is 50.2. The largest absolute Gasteiger partial charge is 0.447 e. The van der Waals surface area contributed by atoms with Crippen LogP contribution < -0.4 is 21.3 Å². The topological polar surface area (TPSA) is 200 Å². The standard InChI is InChI=1S/C52H78N8O10/c1-35(53-5)47(61)55-45(49(63)57-25-17-23-41(57)31-59-43(33-69-51(59)65)29-39-19-11-9-12-20-39)37(3)67-27-15-7-8-16-28-68-38(4)46(56-48(62)36(2)54-6)50(64)58-26-18-24-42(58)32-60-44(34-70-52(60)66)30-40-21-13-10-14-22-40/h9-14,19-22,35-38,41-46,53-54H,7-8,15-18,23-34H2,1-6H3,(H,55,61)(H,56,62)/t35-,36-,37+,38+,41-,42-,43-,44-,45-,46-/m0/s1. The van der Waals surface area contributed by atoms with Crippen molar-refractivity contribution in [3.05, 3.63) is 71.8 Å². The molecule has 2 aromatic rings. The highest BCUT2D eigenvalue weighted by molar-refractivity contribution is 5.91. The van der Waals surface area contributed by atoms with E-state index in [1.165, 1.54) is 0 Å². The van der Waals surface area contributed by atoms with Crippen LogP contribution in [-0.4, -0.2) is 183 Å². The van der Waals surface area contributed by atoms with E-state index in [2.05, 4.69) is 21.3 Å². The average Bonchev–Trinajstić information content (AvgIpc) is 4.19. The van der Waals surface area contributed by atoms with E-state index in [0.29, 0.717) is 78.3 Å². The molecule has 4 heterocycles. The van der Waals surface area contributed by atoms with Crippen LogP contribution in [0.15, 0.2) is 60.7 Å². The van der Waals surface area contributed by atoms with E-state index in [4.69, 9.17) is 18.9 Å². The van der Waals surface area contributed by atoms with Crippen LogP contribution in [0.3, 0.4) is 0 Å². The molecule has 4 saturated heterocycles. The number of ether oxygens (including phenoxy) is 4. The Kier molecular flexibility index (Phi) is 20.7. The monoisotopic (exact) mass is 975 g/mol. The molecular formula is C52H78N8O10. The van der Waals surface area contributed by atoms with Gasteiger partial charge in [-0.15, -0.1) is 0 Å². The number of cyclic esters (lactones) is 2. The molecule has 4 aliphatic heterocycles. The van der Waals surface area contributed by atoms with Crippen molar-refractivity contribution in [2.24, 2.45) is 0 Å². The first-order chi connectivity index (χ1) is 33.8. The number of unbranched alkanes of at least 4 members (excludes halogenated alkanes) is 3. The predicted octanol–water partition coefficient (Wildman–Crippen LogP) is 3.65. The molecular weight excluding hydrogens is 897 g/mol. The predicted molar refractivity (Wildman–Crippen MR) is 264 cm³/mol. The van der Waals surface area contributed by atoms with Gasteiger partial charge in [0, 0.05) is 51.5 Å². The number of carbonyl (C=O) groups is 6. The normalized spacial score (nSPS) is 22.8. The first-order valence-electron chi connectivity index (χ1n) is 25.5. The quantitative estimate of drug-likeness (QED) is 0.0950. The molecule has 2 aromatic carbocycles. The molecule has 10 atom stereocenters. The molecule has 18 heteroatoms. The molecule has 0 aliphatic carbocycles. The van der Waals surface area contributed by atoms with Crippen LogP contribution in [0.2, 0.25) is 0 Å². The number of rotatable bonds is 27. The van der Waals surface area contributed by atoms with Crippen LogP contribution in [0.4, 0.5) is 9.59 Å². The van der Waals surface area contributed by atoms with Crippen LogP contribution in [0.1, 0.15) is 90.2 Å². The Morgan fingerprint density at radius 2 is 0.971 bits per heavy atom. The Hall–Kier alpha value is -5.30. The van der Waals surface area contributed by atoms with E-state index in [-0.39, 0.29) is 60.0 Å². The summed E-state index contributed by atoms with van der Waals surface area (Å²) in [6.45, 7) is 10.1. The van der Waals surface area contributed by atoms with E-state index in [1.807, 2.05) is 74.5 Å². The van der Waals surface area contributed by atoms with Crippen LogP contribution in [0.25, 0.3) is 0 Å². The van der Waals surface area contributed by atoms with Gasteiger partial charge >= 0.3 is 12.2 Å². The lowest BCUT2D eigenvalue weighted by Gasteiger charge is -2.34. The molecule has 0 spiro atoms. The third kappa shape index (κ3) is 14.6. The van der Waals surface area contributed by atoms with Gasteiger partial charge in [-0.05, 0) is 104 Å². The van der Waals surface area contributed by atoms with Gasteiger partial charge in [0.2, 0.25) is 23.6 Å². The number of carbonyl (C=O) groups excluding carboxylic acids is 6. The number of nitrogens with one attached hydrogen (secondary N) is 4. The highest BCUT2D eigenvalue weighted by Crippen LogP contribution is 2.27. The fraction of sp³-hybridized carbons (Fsp3) is 0.654. The lowest BCUT2D eigenvalue weighted by atomic mass is 10.0. The molecule has 6 amide bonds. The molecule has 0 aromatic heterocycles. The minimum Gasteiger partial charge on any atom is -0.447 e. The van der Waals surface area contributed by atoms with Crippen molar-refractivity contribution in [2.45, 2.75) is 152 Å². The molecule has 6 rings (SSSR count). The molecule has 386 valence electrons. The minimum absolute atomic E-state index is 0.138. The molecule has 70 heavy (non-hydrogen) atoms. The summed E-state index contributed by atoms with van der Waals surface area (Å²) in [6.07, 6.45) is 5.37. The second-order valence-electron chi connectivity index (χ2n) is 19.4. The minimum atomic E-state index is -0.930. The number of benzene rings is 2. The number of hydrogen-bond acceptors (Lipinski definition) is 12. The SMILES string of the molecule is CN[C@@H](C)C(=O)N[C@H](C(=O)N1CCC[C@H]1CN1C(=O)OC[C@@H]1Cc1ccccc1)[C@@H](C)OCCCCCCO[C@H](C)[C@H](NC(=O)[C@H](C)NC)C(=O)N1CCC[C@H]1CN1C(=O)OC[C@@H]1Cc1ccccc1. The summed E-state index contributed by atoms with van der Waals surface area (Å²) in [7, 11) is 3.38. The van der Waals surface area contributed by atoms with E-state index >= 15 is 0 Å². The van der Waals surface area contributed by atoms with Crippen molar-refractivity contribution in [3.8, 4) is 0 Å². The summed E-state index contributed by atoms with van der Waals surface area (Å²) in [5.74, 6) is -1.09. The van der Waals surface area contributed by atoms with Gasteiger partial charge in [0.05, 0.1) is 36.4 Å². The van der Waals surface area contributed by atoms with Crippen molar-refractivity contribution in [2.75, 3.05) is 66.7 Å². The molecule has 4 N–H and O–H groups in total. The number of likely N-dealkylation sites (tertiary alicyclic amines) is 2. The maximum atomic E-state index is 14.4. The van der Waals surface area contributed by atoms with Gasteiger partial charge in [-0.1, -0.05) is 73.5 Å². The van der Waals surface area contributed by atoms with E-state index in [0.717, 1.165) is 49.7 Å². The molecule has 0 unspecified atom stereocenters. The third-order valence-electron chi connectivity index (χ3n) is 14.4. The maximum absolute atomic E-state index is 14.4. The second-order valence-corrected chi connectivity index (χ2v) is 19.4. The second kappa shape index (κ2) is 26.8.